The van der Waals surface area contributed by atoms with Crippen LogP contribution in [0.5, 0.6) is 23.0 Å². The minimum Gasteiger partial charge on any atom is -0.493 e. The summed E-state index contributed by atoms with van der Waals surface area (Å²) in [6.07, 6.45) is 10.8. The van der Waals surface area contributed by atoms with Gasteiger partial charge in [0.25, 0.3) is 0 Å². The lowest BCUT2D eigenvalue weighted by atomic mass is 10.0. The molecule has 2 amide bonds. The van der Waals surface area contributed by atoms with Crippen LogP contribution in [0.25, 0.3) is 10.9 Å². The number of pyridine rings is 1. The largest absolute Gasteiger partial charge is 0.493 e. The van der Waals surface area contributed by atoms with Gasteiger partial charge in [0.05, 0.1) is 19.7 Å². The number of carbonyl (C=O) groups excluding carboxylic acids is 1. The molecule has 180 valence electrons. The molecule has 35 heavy (non-hydrogen) atoms. The molecule has 1 atom stereocenters. The summed E-state index contributed by atoms with van der Waals surface area (Å²) in [7, 11) is 3.10. The molecule has 1 unspecified atom stereocenters. The van der Waals surface area contributed by atoms with E-state index in [-0.39, 0.29) is 11.8 Å². The second-order valence-corrected chi connectivity index (χ2v) is 8.44. The van der Waals surface area contributed by atoms with Crippen molar-refractivity contribution in [2.24, 2.45) is 5.92 Å². The molecule has 2 aliphatic rings. The topological polar surface area (TPSA) is 64.1 Å². The number of benzene rings is 2. The Labute approximate surface area is 203 Å². The molecule has 2 aromatic carbocycles. The van der Waals surface area contributed by atoms with Crippen LogP contribution < -0.4 is 19.1 Å². The van der Waals surface area contributed by atoms with Crippen molar-refractivity contribution in [2.45, 2.75) is 6.42 Å². The first kappa shape index (κ1) is 22.7. The Kier molecular flexibility index (Phi) is 6.27. The summed E-state index contributed by atoms with van der Waals surface area (Å²) in [6, 6.07) is 9.63. The van der Waals surface area contributed by atoms with Gasteiger partial charge < -0.3 is 19.1 Å². The van der Waals surface area contributed by atoms with Crippen molar-refractivity contribution in [3.8, 4) is 23.0 Å². The molecule has 1 aliphatic carbocycles. The summed E-state index contributed by atoms with van der Waals surface area (Å²) in [5.41, 5.74) is 1.13. The van der Waals surface area contributed by atoms with Gasteiger partial charge in [-0.25, -0.2) is 9.18 Å². The first-order valence-corrected chi connectivity index (χ1v) is 11.5. The van der Waals surface area contributed by atoms with Crippen LogP contribution >= 0.6 is 0 Å². The highest BCUT2D eigenvalue weighted by atomic mass is 19.1. The van der Waals surface area contributed by atoms with Gasteiger partial charge >= 0.3 is 6.03 Å². The van der Waals surface area contributed by atoms with Crippen LogP contribution in [0.2, 0.25) is 0 Å². The zero-order valence-electron chi connectivity index (χ0n) is 19.6. The fourth-order valence-electron chi connectivity index (χ4n) is 4.44. The average Bonchev–Trinajstić information content (AvgIpc) is 3.24. The van der Waals surface area contributed by atoms with Gasteiger partial charge in [-0.05, 0) is 36.6 Å². The number of ether oxygens (including phenoxy) is 3. The van der Waals surface area contributed by atoms with E-state index in [4.69, 9.17) is 14.2 Å². The fraction of sp³-hybridized carbons (Fsp3) is 0.259. The van der Waals surface area contributed by atoms with Crippen molar-refractivity contribution < 1.29 is 23.4 Å². The summed E-state index contributed by atoms with van der Waals surface area (Å²) in [5, 5.41) is 0.658. The molecule has 1 fully saturated rings. The zero-order chi connectivity index (χ0) is 24.4. The maximum Gasteiger partial charge on any atom is 0.324 e. The Morgan fingerprint density at radius 2 is 1.83 bits per heavy atom. The van der Waals surface area contributed by atoms with Gasteiger partial charge in [-0.2, -0.15) is 0 Å². The van der Waals surface area contributed by atoms with Gasteiger partial charge in [0.1, 0.15) is 5.75 Å². The number of hydrogen-bond acceptors (Lipinski definition) is 5. The smallest absolute Gasteiger partial charge is 0.324 e. The van der Waals surface area contributed by atoms with Crippen LogP contribution in [0.3, 0.4) is 0 Å². The van der Waals surface area contributed by atoms with Crippen LogP contribution in [-0.2, 0) is 0 Å². The Morgan fingerprint density at radius 1 is 1.00 bits per heavy atom. The molecule has 1 aliphatic heterocycles. The van der Waals surface area contributed by atoms with E-state index in [9.17, 15) is 4.79 Å². The molecule has 8 heteroatoms. The van der Waals surface area contributed by atoms with E-state index in [0.717, 1.165) is 6.42 Å². The number of anilines is 1. The van der Waals surface area contributed by atoms with E-state index in [1.807, 2.05) is 17.1 Å². The SMILES string of the molecule is COc1cc2nccc(Oc3ccc(N4CCN(CC5C=CC=CC5)C4=O)cc3F)c2cc1OC. The van der Waals surface area contributed by atoms with Crippen LogP contribution in [0.15, 0.2) is 66.9 Å². The lowest BCUT2D eigenvalue weighted by Crippen LogP contribution is -2.34. The van der Waals surface area contributed by atoms with E-state index in [1.165, 1.54) is 6.07 Å². The minimum atomic E-state index is -0.556. The number of hydrogen-bond donors (Lipinski definition) is 0. The summed E-state index contributed by atoms with van der Waals surface area (Å²) < 4.78 is 31.7. The number of halogens is 1. The second-order valence-electron chi connectivity index (χ2n) is 8.44. The van der Waals surface area contributed by atoms with Crippen LogP contribution in [-0.4, -0.2) is 49.8 Å². The Hall–Kier alpha value is -4.07. The predicted octanol–water partition coefficient (Wildman–Crippen LogP) is 5.56. The first-order valence-electron chi connectivity index (χ1n) is 11.5. The van der Waals surface area contributed by atoms with Crippen LogP contribution in [0.1, 0.15) is 6.42 Å². The van der Waals surface area contributed by atoms with Crippen molar-refractivity contribution in [1.29, 1.82) is 0 Å². The van der Waals surface area contributed by atoms with Crippen LogP contribution in [0, 0.1) is 11.7 Å². The monoisotopic (exact) mass is 475 g/mol. The van der Waals surface area contributed by atoms with Gasteiger partial charge in [0.15, 0.2) is 23.1 Å². The lowest BCUT2D eigenvalue weighted by molar-refractivity contribution is 0.215. The lowest BCUT2D eigenvalue weighted by Gasteiger charge is -2.23. The van der Waals surface area contributed by atoms with Gasteiger partial charge in [-0.3, -0.25) is 9.88 Å². The standard InChI is InChI=1S/C27H26FN3O4/c1-33-25-15-20-22(16-26(25)34-2)29-11-10-23(20)35-24-9-8-19(14-21(24)28)31-13-12-30(27(31)32)17-18-6-4-3-5-7-18/h3-6,8-11,14-16,18H,7,12-13,17H2,1-2H3. The summed E-state index contributed by atoms with van der Waals surface area (Å²) >= 11 is 0. The molecule has 5 rings (SSSR count). The predicted molar refractivity (Wildman–Crippen MR) is 132 cm³/mol. The summed E-state index contributed by atoms with van der Waals surface area (Å²) in [6.45, 7) is 1.78. The number of amides is 2. The fourth-order valence-corrected chi connectivity index (χ4v) is 4.44. The summed E-state index contributed by atoms with van der Waals surface area (Å²) in [5.74, 6) is 1.30. The number of carbonyl (C=O) groups is 1. The summed E-state index contributed by atoms with van der Waals surface area (Å²) in [4.78, 5) is 20.7. The molecule has 2 heterocycles. The quantitative estimate of drug-likeness (QED) is 0.448. The Balaban J connectivity index is 1.35. The molecule has 7 nitrogen and oxygen atoms in total. The molecule has 0 spiro atoms. The highest BCUT2D eigenvalue weighted by molar-refractivity contribution is 5.94. The average molecular weight is 476 g/mol. The molecular weight excluding hydrogens is 449 g/mol. The molecule has 0 saturated carbocycles. The van der Waals surface area contributed by atoms with E-state index in [2.05, 4.69) is 17.1 Å². The van der Waals surface area contributed by atoms with Gasteiger partial charge in [0, 0.05) is 49.0 Å². The third-order valence-corrected chi connectivity index (χ3v) is 6.27. The highest BCUT2D eigenvalue weighted by Gasteiger charge is 2.31. The van der Waals surface area contributed by atoms with Crippen molar-refractivity contribution in [3.63, 3.8) is 0 Å². The molecular formula is C27H26FN3O4. The highest BCUT2D eigenvalue weighted by Crippen LogP contribution is 2.38. The maximum atomic E-state index is 15.1. The normalized spacial score (nSPS) is 17.3. The number of nitrogens with zero attached hydrogens (tertiary/aromatic N) is 3. The number of rotatable bonds is 7. The number of urea groups is 1. The molecule has 1 saturated heterocycles. The third-order valence-electron chi connectivity index (χ3n) is 6.27. The minimum absolute atomic E-state index is 0.0543. The molecule has 0 N–H and O–H groups in total. The number of allylic oxidation sites excluding steroid dienone is 3. The van der Waals surface area contributed by atoms with Crippen molar-refractivity contribution in [1.82, 2.24) is 9.88 Å². The first-order chi connectivity index (χ1) is 17.1. The van der Waals surface area contributed by atoms with Crippen LogP contribution in [0.4, 0.5) is 14.9 Å². The molecule has 0 radical (unpaired) electrons. The van der Waals surface area contributed by atoms with Gasteiger partial charge in [-0.1, -0.05) is 24.3 Å². The van der Waals surface area contributed by atoms with E-state index in [1.54, 1.807) is 55.6 Å². The third kappa shape index (κ3) is 4.51. The molecule has 1 aromatic heterocycles. The zero-order valence-corrected chi connectivity index (χ0v) is 19.6. The number of fused-ring (bicyclic) bond motifs is 1. The van der Waals surface area contributed by atoms with E-state index in [0.29, 0.717) is 59.4 Å². The molecule has 0 bridgehead atoms. The van der Waals surface area contributed by atoms with Gasteiger partial charge in [0.2, 0.25) is 0 Å². The van der Waals surface area contributed by atoms with E-state index >= 15 is 4.39 Å². The van der Waals surface area contributed by atoms with Crippen molar-refractivity contribution in [2.75, 3.05) is 38.8 Å². The maximum absolute atomic E-state index is 15.1. The van der Waals surface area contributed by atoms with Gasteiger partial charge in [-0.15, -0.1) is 0 Å². The van der Waals surface area contributed by atoms with Crippen molar-refractivity contribution >= 4 is 22.6 Å². The Morgan fingerprint density at radius 3 is 2.57 bits per heavy atom. The number of aromatic nitrogens is 1. The second kappa shape index (κ2) is 9.66. The molecule has 3 aromatic rings. The van der Waals surface area contributed by atoms with E-state index < -0.39 is 5.82 Å². The van der Waals surface area contributed by atoms with Crippen molar-refractivity contribution in [3.05, 3.63) is 72.7 Å². The number of methoxy groups -OCH3 is 2. The Bertz CT molecular complexity index is 1320.